The number of hydrogen-bond acceptors (Lipinski definition) is 3. The van der Waals surface area contributed by atoms with E-state index in [4.69, 9.17) is 16.7 Å². The first-order valence-electron chi connectivity index (χ1n) is 8.12. The highest BCUT2D eigenvalue weighted by Crippen LogP contribution is 2.34. The molecule has 1 saturated heterocycles. The number of amides is 2. The first-order valence-corrected chi connectivity index (χ1v) is 8.49. The zero-order valence-electron chi connectivity index (χ0n) is 12.9. The monoisotopic (exact) mass is 336 g/mol. The molecule has 1 unspecified atom stereocenters. The number of nitrogens with one attached hydrogen (secondary N) is 1. The van der Waals surface area contributed by atoms with Gasteiger partial charge < -0.3 is 15.3 Å². The van der Waals surface area contributed by atoms with Crippen LogP contribution in [0.15, 0.2) is 18.2 Å². The molecule has 1 atom stereocenters. The topological polar surface area (TPSA) is 69.6 Å². The van der Waals surface area contributed by atoms with Gasteiger partial charge in [0.2, 0.25) is 5.91 Å². The van der Waals surface area contributed by atoms with Gasteiger partial charge in [-0.25, -0.2) is 0 Å². The predicted octanol–water partition coefficient (Wildman–Crippen LogP) is 2.36. The summed E-state index contributed by atoms with van der Waals surface area (Å²) in [4.78, 5) is 26.1. The Morgan fingerprint density at radius 3 is 2.83 bits per heavy atom. The number of benzene rings is 1. The fraction of sp³-hybridized carbons (Fsp3) is 0.529. The minimum Gasteiger partial charge on any atom is -0.396 e. The number of aliphatic hydroxyl groups excluding tert-OH is 1. The summed E-state index contributed by atoms with van der Waals surface area (Å²) in [5, 5.41) is 12.5. The van der Waals surface area contributed by atoms with Crippen LogP contribution in [0, 0.1) is 5.92 Å². The second kappa shape index (κ2) is 6.89. The molecule has 0 radical (unpaired) electrons. The van der Waals surface area contributed by atoms with Crippen LogP contribution in [0.3, 0.4) is 0 Å². The van der Waals surface area contributed by atoms with E-state index >= 15 is 0 Å². The third-order valence-electron chi connectivity index (χ3n) is 4.53. The lowest BCUT2D eigenvalue weighted by atomic mass is 10.1. The Bertz CT molecular complexity index is 616. The first kappa shape index (κ1) is 16.3. The van der Waals surface area contributed by atoms with Crippen molar-refractivity contribution in [3.8, 4) is 0 Å². The Balaban J connectivity index is 1.77. The van der Waals surface area contributed by atoms with Crippen molar-refractivity contribution in [2.24, 2.45) is 5.92 Å². The van der Waals surface area contributed by atoms with Gasteiger partial charge in [0.05, 0.1) is 10.6 Å². The third-order valence-corrected chi connectivity index (χ3v) is 4.86. The summed E-state index contributed by atoms with van der Waals surface area (Å²) in [7, 11) is 0. The first-order chi connectivity index (χ1) is 11.1. The van der Waals surface area contributed by atoms with Crippen molar-refractivity contribution in [3.05, 3.63) is 28.8 Å². The number of carbonyl (C=O) groups excluding carboxylic acids is 2. The highest BCUT2D eigenvalue weighted by Gasteiger charge is 2.32. The summed E-state index contributed by atoms with van der Waals surface area (Å²) in [6.45, 7) is 0.730. The summed E-state index contributed by atoms with van der Waals surface area (Å²) < 4.78 is 0. The van der Waals surface area contributed by atoms with Crippen LogP contribution < -0.4 is 10.2 Å². The smallest absolute Gasteiger partial charge is 0.253 e. The lowest BCUT2D eigenvalue weighted by molar-refractivity contribution is -0.117. The van der Waals surface area contributed by atoms with Crippen LogP contribution in [0.5, 0.6) is 0 Å². The van der Waals surface area contributed by atoms with Crippen LogP contribution in [0.25, 0.3) is 0 Å². The highest BCUT2D eigenvalue weighted by molar-refractivity contribution is 6.34. The van der Waals surface area contributed by atoms with Crippen LogP contribution >= 0.6 is 11.6 Å². The van der Waals surface area contributed by atoms with E-state index in [0.29, 0.717) is 41.6 Å². The van der Waals surface area contributed by atoms with Gasteiger partial charge in [0, 0.05) is 31.3 Å². The molecule has 1 saturated carbocycles. The number of carbonyl (C=O) groups is 2. The molecule has 1 aliphatic carbocycles. The fourth-order valence-corrected chi connectivity index (χ4v) is 3.29. The molecule has 1 aliphatic heterocycles. The van der Waals surface area contributed by atoms with Crippen molar-refractivity contribution >= 4 is 29.1 Å². The van der Waals surface area contributed by atoms with Crippen LogP contribution in [0.4, 0.5) is 5.69 Å². The lowest BCUT2D eigenvalue weighted by Gasteiger charge is -2.20. The van der Waals surface area contributed by atoms with E-state index in [1.54, 1.807) is 23.1 Å². The molecule has 6 heteroatoms. The highest BCUT2D eigenvalue weighted by atomic mass is 35.5. The maximum atomic E-state index is 12.6. The number of aliphatic hydroxyl groups is 1. The maximum absolute atomic E-state index is 12.6. The second-order valence-corrected chi connectivity index (χ2v) is 6.65. The normalized spacial score (nSPS) is 19.0. The van der Waals surface area contributed by atoms with Gasteiger partial charge in [-0.1, -0.05) is 11.6 Å². The summed E-state index contributed by atoms with van der Waals surface area (Å²) in [5.41, 5.74) is 1.10. The van der Waals surface area contributed by atoms with E-state index < -0.39 is 0 Å². The van der Waals surface area contributed by atoms with Gasteiger partial charge in [-0.3, -0.25) is 9.59 Å². The number of hydrogen-bond donors (Lipinski definition) is 2. The molecule has 5 nitrogen and oxygen atoms in total. The quantitative estimate of drug-likeness (QED) is 0.837. The zero-order valence-corrected chi connectivity index (χ0v) is 13.7. The Morgan fingerprint density at radius 2 is 2.22 bits per heavy atom. The molecule has 1 aromatic carbocycles. The molecule has 3 rings (SSSR count). The van der Waals surface area contributed by atoms with E-state index in [9.17, 15) is 9.59 Å². The Morgan fingerprint density at radius 1 is 1.43 bits per heavy atom. The van der Waals surface area contributed by atoms with Gasteiger partial charge in [-0.05, 0) is 49.8 Å². The number of halogens is 1. The molecule has 1 heterocycles. The summed E-state index contributed by atoms with van der Waals surface area (Å²) >= 11 is 6.18. The number of rotatable bonds is 6. The number of nitrogens with zero attached hydrogens (tertiary/aromatic N) is 1. The van der Waals surface area contributed by atoms with Crippen LogP contribution in [0.1, 0.15) is 42.5 Å². The minimum absolute atomic E-state index is 0.0133. The lowest BCUT2D eigenvalue weighted by Crippen LogP contribution is -2.37. The van der Waals surface area contributed by atoms with Gasteiger partial charge >= 0.3 is 0 Å². The maximum Gasteiger partial charge on any atom is 0.253 e. The summed E-state index contributed by atoms with van der Waals surface area (Å²) in [6.07, 6.45) is 4.11. The van der Waals surface area contributed by atoms with Gasteiger partial charge in [0.1, 0.15) is 0 Å². The average Bonchev–Trinajstić information content (AvgIpc) is 3.29. The van der Waals surface area contributed by atoms with E-state index in [1.165, 1.54) is 0 Å². The molecule has 124 valence electrons. The van der Waals surface area contributed by atoms with Crippen molar-refractivity contribution in [2.45, 2.75) is 38.1 Å². The van der Waals surface area contributed by atoms with E-state index in [1.807, 2.05) is 0 Å². The average molecular weight is 337 g/mol. The van der Waals surface area contributed by atoms with Crippen LogP contribution in [-0.4, -0.2) is 36.1 Å². The number of anilines is 1. The largest absolute Gasteiger partial charge is 0.396 e. The molecule has 23 heavy (non-hydrogen) atoms. The van der Waals surface area contributed by atoms with Crippen molar-refractivity contribution in [1.82, 2.24) is 5.32 Å². The van der Waals surface area contributed by atoms with Gasteiger partial charge in [0.15, 0.2) is 0 Å². The molecule has 0 aromatic heterocycles. The fourth-order valence-electron chi connectivity index (χ4n) is 3.09. The molecule has 2 amide bonds. The molecular formula is C17H21ClN2O3. The summed E-state index contributed by atoms with van der Waals surface area (Å²) in [5.74, 6) is 0.289. The van der Waals surface area contributed by atoms with Crippen molar-refractivity contribution in [3.63, 3.8) is 0 Å². The van der Waals surface area contributed by atoms with Crippen LogP contribution in [-0.2, 0) is 4.79 Å². The van der Waals surface area contributed by atoms with Gasteiger partial charge in [-0.15, -0.1) is 0 Å². The SMILES string of the molecule is O=C(NC(CCO)C1CC1)c1cc(N2CCCC2=O)ccc1Cl. The van der Waals surface area contributed by atoms with E-state index in [0.717, 1.165) is 19.3 Å². The standard InChI is InChI=1S/C17H21ClN2O3/c18-14-6-5-12(20-8-1-2-16(20)22)10-13(14)17(23)19-15(7-9-21)11-3-4-11/h5-6,10-11,15,21H,1-4,7-9H2,(H,19,23). The predicted molar refractivity (Wildman–Crippen MR) is 88.7 cm³/mol. The molecule has 0 bridgehead atoms. The summed E-state index contributed by atoms with van der Waals surface area (Å²) in [6, 6.07) is 5.11. The van der Waals surface area contributed by atoms with Crippen LogP contribution in [0.2, 0.25) is 5.02 Å². The Kier molecular flexibility index (Phi) is 4.87. The van der Waals surface area contributed by atoms with E-state index in [-0.39, 0.29) is 24.5 Å². The Labute approximate surface area is 140 Å². The van der Waals surface area contributed by atoms with Crippen molar-refractivity contribution < 1.29 is 14.7 Å². The second-order valence-electron chi connectivity index (χ2n) is 6.24. The van der Waals surface area contributed by atoms with Crippen molar-refractivity contribution in [1.29, 1.82) is 0 Å². The van der Waals surface area contributed by atoms with E-state index in [2.05, 4.69) is 5.32 Å². The molecule has 2 N–H and O–H groups in total. The zero-order chi connectivity index (χ0) is 16.4. The van der Waals surface area contributed by atoms with Gasteiger partial charge in [0.25, 0.3) is 5.91 Å². The van der Waals surface area contributed by atoms with Crippen molar-refractivity contribution in [2.75, 3.05) is 18.1 Å². The van der Waals surface area contributed by atoms with Gasteiger partial charge in [-0.2, -0.15) is 0 Å². The Hall–Kier alpha value is -1.59. The third kappa shape index (κ3) is 3.67. The molecule has 2 aliphatic rings. The molecular weight excluding hydrogens is 316 g/mol. The molecule has 2 fully saturated rings. The molecule has 0 spiro atoms. The minimum atomic E-state index is -0.242. The molecule has 1 aromatic rings.